The van der Waals surface area contributed by atoms with Crippen LogP contribution in [0.5, 0.6) is 5.75 Å². The molecule has 0 aliphatic rings. The lowest BCUT2D eigenvalue weighted by molar-refractivity contribution is -0.120. The van der Waals surface area contributed by atoms with Crippen LogP contribution in [0.25, 0.3) is 0 Å². The average Bonchev–Trinajstić information content (AvgIpc) is 2.67. The Bertz CT molecular complexity index is 679. The molecule has 0 aliphatic carbocycles. The Morgan fingerprint density at radius 3 is 2.81 bits per heavy atom. The average molecular weight is 373 g/mol. The molecule has 2 unspecified atom stereocenters. The largest absolute Gasteiger partial charge is 0.487 e. The third-order valence-electron chi connectivity index (χ3n) is 4.06. The van der Waals surface area contributed by atoms with E-state index in [4.69, 9.17) is 4.74 Å². The molecule has 1 aromatic carbocycles. The Hall–Kier alpha value is -2.01. The molecular formula is C21H28N2O2S. The van der Waals surface area contributed by atoms with E-state index in [1.165, 1.54) is 0 Å². The highest BCUT2D eigenvalue weighted by atomic mass is 32.2. The molecule has 1 amide bonds. The van der Waals surface area contributed by atoms with E-state index in [0.29, 0.717) is 6.61 Å². The van der Waals surface area contributed by atoms with E-state index in [9.17, 15) is 4.79 Å². The first-order valence-electron chi connectivity index (χ1n) is 9.14. The van der Waals surface area contributed by atoms with E-state index in [1.54, 1.807) is 18.0 Å². The summed E-state index contributed by atoms with van der Waals surface area (Å²) in [4.78, 5) is 16.6. The summed E-state index contributed by atoms with van der Waals surface area (Å²) in [6.07, 6.45) is 4.06. The molecule has 2 rings (SSSR count). The van der Waals surface area contributed by atoms with E-state index < -0.39 is 0 Å². The van der Waals surface area contributed by atoms with Crippen LogP contribution in [0, 0.1) is 0 Å². The predicted molar refractivity (Wildman–Crippen MR) is 108 cm³/mol. The third-order valence-corrected chi connectivity index (χ3v) is 5.30. The second-order valence-electron chi connectivity index (χ2n) is 6.28. The zero-order valence-corrected chi connectivity index (χ0v) is 16.6. The highest BCUT2D eigenvalue weighted by molar-refractivity contribution is 8.00. The fourth-order valence-electron chi connectivity index (χ4n) is 2.41. The number of hydrogen-bond acceptors (Lipinski definition) is 4. The van der Waals surface area contributed by atoms with Gasteiger partial charge in [0.15, 0.2) is 0 Å². The maximum atomic E-state index is 12.3. The number of carbonyl (C=O) groups excluding carboxylic acids is 1. The smallest absolute Gasteiger partial charge is 0.233 e. The minimum Gasteiger partial charge on any atom is -0.487 e. The van der Waals surface area contributed by atoms with Gasteiger partial charge in [0.05, 0.1) is 17.0 Å². The van der Waals surface area contributed by atoms with Gasteiger partial charge < -0.3 is 10.1 Å². The molecule has 0 fully saturated rings. The van der Waals surface area contributed by atoms with Gasteiger partial charge in [-0.3, -0.25) is 9.78 Å². The minimum atomic E-state index is -0.0601. The van der Waals surface area contributed by atoms with Crippen molar-refractivity contribution in [1.29, 1.82) is 0 Å². The lowest BCUT2D eigenvalue weighted by atomic mass is 10.1. The summed E-state index contributed by atoms with van der Waals surface area (Å²) in [6.45, 7) is 6.56. The summed E-state index contributed by atoms with van der Waals surface area (Å²) in [5.41, 5.74) is 1.92. The van der Waals surface area contributed by atoms with Gasteiger partial charge in [0.1, 0.15) is 12.4 Å². The Morgan fingerprint density at radius 2 is 2.08 bits per heavy atom. The molecular weight excluding hydrogens is 344 g/mol. The molecule has 26 heavy (non-hydrogen) atoms. The number of amides is 1. The second kappa shape index (κ2) is 10.9. The second-order valence-corrected chi connectivity index (χ2v) is 7.73. The Balaban J connectivity index is 1.88. The van der Waals surface area contributed by atoms with Gasteiger partial charge in [0.2, 0.25) is 5.91 Å². The van der Waals surface area contributed by atoms with Crippen molar-refractivity contribution in [3.63, 3.8) is 0 Å². The minimum absolute atomic E-state index is 0.0346. The molecule has 140 valence electrons. The van der Waals surface area contributed by atoms with Crippen LogP contribution in [0.1, 0.15) is 50.9 Å². The molecule has 0 saturated heterocycles. The van der Waals surface area contributed by atoms with Gasteiger partial charge >= 0.3 is 0 Å². The standard InChI is InChI=1S/C21H28N2O2S/c1-4-5-13-26-17(3)21(24)23-16(2)18-9-8-11-20(14-18)25-15-19-10-6-7-12-22-19/h6-12,14,16-17H,4-5,13,15H2,1-3H3,(H,23,24). The van der Waals surface area contributed by atoms with Crippen LogP contribution in [0.2, 0.25) is 0 Å². The van der Waals surface area contributed by atoms with Crippen LogP contribution < -0.4 is 10.1 Å². The summed E-state index contributed by atoms with van der Waals surface area (Å²) in [5.74, 6) is 1.88. The maximum absolute atomic E-state index is 12.3. The van der Waals surface area contributed by atoms with Crippen molar-refractivity contribution in [3.05, 3.63) is 59.9 Å². The zero-order chi connectivity index (χ0) is 18.8. The van der Waals surface area contributed by atoms with Crippen LogP contribution in [-0.2, 0) is 11.4 Å². The number of thioether (sulfide) groups is 1. The fourth-order valence-corrected chi connectivity index (χ4v) is 3.44. The third kappa shape index (κ3) is 6.71. The van der Waals surface area contributed by atoms with Crippen LogP contribution in [0.15, 0.2) is 48.7 Å². The molecule has 0 saturated carbocycles. The number of carbonyl (C=O) groups is 1. The predicted octanol–water partition coefficient (Wildman–Crippen LogP) is 4.76. The lowest BCUT2D eigenvalue weighted by Crippen LogP contribution is -2.33. The van der Waals surface area contributed by atoms with Crippen molar-refractivity contribution in [2.24, 2.45) is 0 Å². The van der Waals surface area contributed by atoms with E-state index in [0.717, 1.165) is 35.6 Å². The number of aromatic nitrogens is 1. The highest BCUT2D eigenvalue weighted by Crippen LogP contribution is 2.21. The van der Waals surface area contributed by atoms with Gasteiger partial charge in [0, 0.05) is 6.20 Å². The highest BCUT2D eigenvalue weighted by Gasteiger charge is 2.16. The molecule has 0 bridgehead atoms. The first-order chi connectivity index (χ1) is 12.6. The van der Waals surface area contributed by atoms with Crippen LogP contribution >= 0.6 is 11.8 Å². The van der Waals surface area contributed by atoms with Crippen molar-refractivity contribution in [3.8, 4) is 5.75 Å². The number of rotatable bonds is 10. The number of hydrogen-bond donors (Lipinski definition) is 1. The number of nitrogens with zero attached hydrogens (tertiary/aromatic N) is 1. The first-order valence-corrected chi connectivity index (χ1v) is 10.2. The Morgan fingerprint density at radius 1 is 1.23 bits per heavy atom. The van der Waals surface area contributed by atoms with Gasteiger partial charge in [0.25, 0.3) is 0 Å². The molecule has 0 spiro atoms. The van der Waals surface area contributed by atoms with Gasteiger partial charge in [-0.1, -0.05) is 31.5 Å². The van der Waals surface area contributed by atoms with Gasteiger partial charge in [-0.25, -0.2) is 0 Å². The molecule has 1 N–H and O–H groups in total. The van der Waals surface area contributed by atoms with Gasteiger partial charge in [-0.2, -0.15) is 0 Å². The van der Waals surface area contributed by atoms with Crippen molar-refractivity contribution < 1.29 is 9.53 Å². The number of ether oxygens (including phenoxy) is 1. The van der Waals surface area contributed by atoms with Crippen molar-refractivity contribution in [2.75, 3.05) is 5.75 Å². The van der Waals surface area contributed by atoms with E-state index in [1.807, 2.05) is 56.3 Å². The summed E-state index contributed by atoms with van der Waals surface area (Å²) >= 11 is 1.71. The monoisotopic (exact) mass is 372 g/mol. The molecule has 2 aromatic rings. The van der Waals surface area contributed by atoms with Gasteiger partial charge in [-0.05, 0) is 55.9 Å². The summed E-state index contributed by atoms with van der Waals surface area (Å²) in [6, 6.07) is 13.6. The zero-order valence-electron chi connectivity index (χ0n) is 15.8. The van der Waals surface area contributed by atoms with Crippen molar-refractivity contribution >= 4 is 17.7 Å². The maximum Gasteiger partial charge on any atom is 0.233 e. The van der Waals surface area contributed by atoms with E-state index in [-0.39, 0.29) is 17.2 Å². The molecule has 5 heteroatoms. The molecule has 4 nitrogen and oxygen atoms in total. The fraction of sp³-hybridized carbons (Fsp3) is 0.429. The number of pyridine rings is 1. The van der Waals surface area contributed by atoms with E-state index in [2.05, 4.69) is 17.2 Å². The van der Waals surface area contributed by atoms with Crippen LogP contribution in [-0.4, -0.2) is 21.9 Å². The number of benzene rings is 1. The topological polar surface area (TPSA) is 51.2 Å². The lowest BCUT2D eigenvalue weighted by Gasteiger charge is -2.18. The first kappa shape index (κ1) is 20.3. The normalized spacial score (nSPS) is 13.0. The van der Waals surface area contributed by atoms with Crippen molar-refractivity contribution in [1.82, 2.24) is 10.3 Å². The van der Waals surface area contributed by atoms with Crippen LogP contribution in [0.4, 0.5) is 0 Å². The molecule has 0 radical (unpaired) electrons. The van der Waals surface area contributed by atoms with Gasteiger partial charge in [-0.15, -0.1) is 11.8 Å². The summed E-state index contributed by atoms with van der Waals surface area (Å²) in [5, 5.41) is 3.06. The molecule has 0 aliphatic heterocycles. The van der Waals surface area contributed by atoms with Crippen LogP contribution in [0.3, 0.4) is 0 Å². The Labute approximate surface area is 160 Å². The Kier molecular flexibility index (Phi) is 8.48. The summed E-state index contributed by atoms with van der Waals surface area (Å²) < 4.78 is 5.82. The summed E-state index contributed by atoms with van der Waals surface area (Å²) in [7, 11) is 0. The molecule has 1 aromatic heterocycles. The van der Waals surface area contributed by atoms with E-state index >= 15 is 0 Å². The molecule has 2 atom stereocenters. The van der Waals surface area contributed by atoms with Crippen molar-refractivity contribution in [2.45, 2.75) is 51.5 Å². The quantitative estimate of drug-likeness (QED) is 0.611. The number of unbranched alkanes of at least 4 members (excludes halogenated alkanes) is 1. The molecule has 1 heterocycles. The SMILES string of the molecule is CCCCSC(C)C(=O)NC(C)c1cccc(OCc2ccccn2)c1. The number of nitrogens with one attached hydrogen (secondary N) is 1.